The van der Waals surface area contributed by atoms with Gasteiger partial charge in [-0.15, -0.1) is 0 Å². The highest BCUT2D eigenvalue weighted by Gasteiger charge is 2.30. The normalized spacial score (nSPS) is 25.8. The number of carbonyl (C=O) groups excluding carboxylic acids is 1. The third-order valence-electron chi connectivity index (χ3n) is 5.05. The Labute approximate surface area is 139 Å². The van der Waals surface area contributed by atoms with Crippen molar-refractivity contribution >= 4 is 5.91 Å². The minimum Gasteiger partial charge on any atom is -0.487 e. The van der Waals surface area contributed by atoms with E-state index in [0.717, 1.165) is 38.2 Å². The molecule has 0 unspecified atom stereocenters. The monoisotopic (exact) mass is 316 g/mol. The largest absolute Gasteiger partial charge is 0.487 e. The average molecular weight is 316 g/mol. The predicted octanol–water partition coefficient (Wildman–Crippen LogP) is 2.75. The Hall–Kier alpha value is -1.55. The molecule has 1 saturated heterocycles. The first-order valence-electron chi connectivity index (χ1n) is 8.64. The molecule has 0 aliphatic carbocycles. The molecule has 2 atom stereocenters. The number of piperidine rings is 1. The molecule has 1 amide bonds. The molecule has 126 valence electrons. The standard InChI is InChI=1S/C19H28N2O2/c1-13-12-21(14(2)22)8-7-17(13)20-11-15-5-6-18-16(9-15)10-19(3,4)23-18/h5-6,9,13,17,20H,7-8,10-12H2,1-4H3/t13-,17-/m1/s1. The molecule has 23 heavy (non-hydrogen) atoms. The van der Waals surface area contributed by atoms with E-state index >= 15 is 0 Å². The van der Waals surface area contributed by atoms with Crippen molar-refractivity contribution in [1.29, 1.82) is 0 Å². The first-order valence-corrected chi connectivity index (χ1v) is 8.64. The number of rotatable bonds is 3. The summed E-state index contributed by atoms with van der Waals surface area (Å²) in [5, 5.41) is 3.68. The third kappa shape index (κ3) is 3.69. The topological polar surface area (TPSA) is 41.6 Å². The second-order valence-electron chi connectivity index (χ2n) is 7.70. The zero-order chi connectivity index (χ0) is 16.6. The van der Waals surface area contributed by atoms with E-state index in [1.165, 1.54) is 11.1 Å². The van der Waals surface area contributed by atoms with Crippen LogP contribution in [-0.4, -0.2) is 35.5 Å². The molecule has 4 heteroatoms. The van der Waals surface area contributed by atoms with Crippen molar-refractivity contribution in [3.63, 3.8) is 0 Å². The predicted molar refractivity (Wildman–Crippen MR) is 91.5 cm³/mol. The summed E-state index contributed by atoms with van der Waals surface area (Å²) in [7, 11) is 0. The van der Waals surface area contributed by atoms with Crippen molar-refractivity contribution in [3.05, 3.63) is 29.3 Å². The quantitative estimate of drug-likeness (QED) is 0.932. The molecule has 0 saturated carbocycles. The van der Waals surface area contributed by atoms with Gasteiger partial charge in [0.25, 0.3) is 0 Å². The van der Waals surface area contributed by atoms with Crippen LogP contribution in [0.15, 0.2) is 18.2 Å². The lowest BCUT2D eigenvalue weighted by Gasteiger charge is -2.37. The molecule has 2 aliphatic heterocycles. The Kier molecular flexibility index (Phi) is 4.37. The number of likely N-dealkylation sites (tertiary alicyclic amines) is 1. The summed E-state index contributed by atoms with van der Waals surface area (Å²) < 4.78 is 5.94. The minimum atomic E-state index is -0.0809. The maximum absolute atomic E-state index is 11.5. The number of nitrogens with one attached hydrogen (secondary N) is 1. The first-order chi connectivity index (χ1) is 10.8. The SMILES string of the molecule is CC(=O)N1CC[C@@H](NCc2ccc3c(c2)CC(C)(C)O3)[C@H](C)C1. The number of fused-ring (bicyclic) bond motifs is 1. The highest BCUT2D eigenvalue weighted by Crippen LogP contribution is 2.35. The van der Waals surface area contributed by atoms with Gasteiger partial charge in [0, 0.05) is 39.0 Å². The van der Waals surface area contributed by atoms with Crippen LogP contribution in [0.5, 0.6) is 5.75 Å². The van der Waals surface area contributed by atoms with Crippen LogP contribution in [0.2, 0.25) is 0 Å². The van der Waals surface area contributed by atoms with Gasteiger partial charge in [-0.3, -0.25) is 4.79 Å². The van der Waals surface area contributed by atoms with Crippen LogP contribution < -0.4 is 10.1 Å². The zero-order valence-corrected chi connectivity index (χ0v) is 14.7. The number of hydrogen-bond acceptors (Lipinski definition) is 3. The van der Waals surface area contributed by atoms with E-state index < -0.39 is 0 Å². The lowest BCUT2D eigenvalue weighted by Crippen LogP contribution is -2.49. The van der Waals surface area contributed by atoms with Gasteiger partial charge in [0.2, 0.25) is 5.91 Å². The fraction of sp³-hybridized carbons (Fsp3) is 0.632. The van der Waals surface area contributed by atoms with E-state index in [0.29, 0.717) is 12.0 Å². The second-order valence-corrected chi connectivity index (χ2v) is 7.70. The van der Waals surface area contributed by atoms with Crippen molar-refractivity contribution in [2.75, 3.05) is 13.1 Å². The maximum atomic E-state index is 11.5. The van der Waals surface area contributed by atoms with Gasteiger partial charge in [-0.05, 0) is 43.4 Å². The smallest absolute Gasteiger partial charge is 0.219 e. The third-order valence-corrected chi connectivity index (χ3v) is 5.05. The molecule has 1 N–H and O–H groups in total. The van der Waals surface area contributed by atoms with Gasteiger partial charge in [-0.2, -0.15) is 0 Å². The van der Waals surface area contributed by atoms with Crippen LogP contribution in [-0.2, 0) is 17.8 Å². The minimum absolute atomic E-state index is 0.0809. The Bertz CT molecular complexity index is 597. The summed E-state index contributed by atoms with van der Waals surface area (Å²) in [5.74, 6) is 1.71. The van der Waals surface area contributed by atoms with Gasteiger partial charge in [-0.1, -0.05) is 19.1 Å². The lowest BCUT2D eigenvalue weighted by molar-refractivity contribution is -0.130. The molecule has 0 bridgehead atoms. The maximum Gasteiger partial charge on any atom is 0.219 e. The second kappa shape index (κ2) is 6.16. The highest BCUT2D eigenvalue weighted by molar-refractivity contribution is 5.73. The molecule has 2 aliphatic rings. The van der Waals surface area contributed by atoms with Gasteiger partial charge in [0.1, 0.15) is 11.4 Å². The number of nitrogens with zero attached hydrogens (tertiary/aromatic N) is 1. The summed E-state index contributed by atoms with van der Waals surface area (Å²) >= 11 is 0. The molecule has 1 aromatic rings. The summed E-state index contributed by atoms with van der Waals surface area (Å²) in [6.45, 7) is 10.8. The summed E-state index contributed by atoms with van der Waals surface area (Å²) in [5.41, 5.74) is 2.54. The van der Waals surface area contributed by atoms with Gasteiger partial charge in [0.15, 0.2) is 0 Å². The highest BCUT2D eigenvalue weighted by atomic mass is 16.5. The molecular weight excluding hydrogens is 288 g/mol. The van der Waals surface area contributed by atoms with Crippen LogP contribution in [0.25, 0.3) is 0 Å². The van der Waals surface area contributed by atoms with E-state index in [1.54, 1.807) is 6.92 Å². The Balaban J connectivity index is 1.57. The van der Waals surface area contributed by atoms with Gasteiger partial charge < -0.3 is 15.0 Å². The van der Waals surface area contributed by atoms with E-state index in [2.05, 4.69) is 44.3 Å². The van der Waals surface area contributed by atoms with E-state index in [1.807, 2.05) is 4.90 Å². The molecule has 0 aromatic heterocycles. The summed E-state index contributed by atoms with van der Waals surface area (Å²) in [4.78, 5) is 13.4. The van der Waals surface area contributed by atoms with Crippen LogP contribution in [0, 0.1) is 5.92 Å². The van der Waals surface area contributed by atoms with Crippen molar-refractivity contribution in [2.24, 2.45) is 5.92 Å². The van der Waals surface area contributed by atoms with Gasteiger partial charge in [0.05, 0.1) is 0 Å². The van der Waals surface area contributed by atoms with Crippen LogP contribution >= 0.6 is 0 Å². The number of benzene rings is 1. The summed E-state index contributed by atoms with van der Waals surface area (Å²) in [6.07, 6.45) is 2.01. The van der Waals surface area contributed by atoms with E-state index in [4.69, 9.17) is 4.74 Å². The van der Waals surface area contributed by atoms with Crippen LogP contribution in [0.1, 0.15) is 45.2 Å². The number of amides is 1. The zero-order valence-electron chi connectivity index (χ0n) is 14.7. The van der Waals surface area contributed by atoms with Crippen molar-refractivity contribution in [1.82, 2.24) is 10.2 Å². The van der Waals surface area contributed by atoms with Crippen molar-refractivity contribution < 1.29 is 9.53 Å². The van der Waals surface area contributed by atoms with Gasteiger partial charge >= 0.3 is 0 Å². The van der Waals surface area contributed by atoms with E-state index in [9.17, 15) is 4.79 Å². The average Bonchev–Trinajstić information content (AvgIpc) is 2.78. The van der Waals surface area contributed by atoms with Crippen LogP contribution in [0.3, 0.4) is 0 Å². The molecule has 3 rings (SSSR count). The lowest BCUT2D eigenvalue weighted by atomic mass is 9.93. The van der Waals surface area contributed by atoms with E-state index in [-0.39, 0.29) is 11.5 Å². The van der Waals surface area contributed by atoms with Gasteiger partial charge in [-0.25, -0.2) is 0 Å². The number of hydrogen-bond donors (Lipinski definition) is 1. The first kappa shape index (κ1) is 16.3. The molecule has 2 heterocycles. The molecule has 1 fully saturated rings. The Morgan fingerprint density at radius 3 is 2.91 bits per heavy atom. The Morgan fingerprint density at radius 2 is 2.22 bits per heavy atom. The summed E-state index contributed by atoms with van der Waals surface area (Å²) in [6, 6.07) is 7.00. The number of ether oxygens (including phenoxy) is 1. The molecule has 0 spiro atoms. The Morgan fingerprint density at radius 1 is 1.43 bits per heavy atom. The molecular formula is C19H28N2O2. The fourth-order valence-corrected chi connectivity index (χ4v) is 3.76. The fourth-order valence-electron chi connectivity index (χ4n) is 3.76. The number of carbonyl (C=O) groups is 1. The van der Waals surface area contributed by atoms with Crippen molar-refractivity contribution in [2.45, 2.75) is 58.7 Å². The van der Waals surface area contributed by atoms with Crippen LogP contribution in [0.4, 0.5) is 0 Å². The molecule has 4 nitrogen and oxygen atoms in total. The molecule has 1 aromatic carbocycles. The van der Waals surface area contributed by atoms with Crippen molar-refractivity contribution in [3.8, 4) is 5.75 Å². The molecule has 0 radical (unpaired) electrons.